The quantitative estimate of drug-likeness (QED) is 0.412. The molecule has 0 spiro atoms. The maximum Gasteiger partial charge on any atom is 0.262 e. The van der Waals surface area contributed by atoms with E-state index in [1.54, 1.807) is 4.90 Å². The van der Waals surface area contributed by atoms with Crippen molar-refractivity contribution in [3.05, 3.63) is 112 Å². The molecule has 6 nitrogen and oxygen atoms in total. The van der Waals surface area contributed by atoms with Crippen LogP contribution in [0.15, 0.2) is 84.6 Å². The Bertz CT molecular complexity index is 1370. The molecule has 0 aromatic heterocycles. The first-order chi connectivity index (χ1) is 18.8. The highest BCUT2D eigenvalue weighted by molar-refractivity contribution is 6.33. The van der Waals surface area contributed by atoms with Gasteiger partial charge in [0.1, 0.15) is 5.82 Å². The fourth-order valence-corrected chi connectivity index (χ4v) is 5.70. The highest BCUT2D eigenvalue weighted by Crippen LogP contribution is 2.32. The molecule has 1 N–H and O–H groups in total. The number of hydrogen-bond acceptors (Lipinski definition) is 4. The second-order valence-electron chi connectivity index (χ2n) is 10.3. The zero-order chi connectivity index (χ0) is 27.5. The van der Waals surface area contributed by atoms with Crippen molar-refractivity contribution in [1.29, 1.82) is 0 Å². The number of carbonyl (C=O) groups excluding carboxylic acids is 2. The Morgan fingerprint density at radius 2 is 1.77 bits per heavy atom. The first-order valence-corrected chi connectivity index (χ1v) is 13.5. The highest BCUT2D eigenvalue weighted by Gasteiger charge is 2.36. The topological polar surface area (TPSA) is 55.9 Å². The maximum absolute atomic E-state index is 14.3. The van der Waals surface area contributed by atoms with Gasteiger partial charge < -0.3 is 15.1 Å². The summed E-state index contributed by atoms with van der Waals surface area (Å²) in [6.45, 7) is 2.84. The zero-order valence-corrected chi connectivity index (χ0v) is 22.9. The van der Waals surface area contributed by atoms with Crippen LogP contribution in [-0.2, 0) is 0 Å². The summed E-state index contributed by atoms with van der Waals surface area (Å²) >= 11 is 6.12. The molecule has 3 aromatic carbocycles. The fraction of sp³-hybridized carbons (Fsp3) is 0.290. The number of benzene rings is 3. The van der Waals surface area contributed by atoms with E-state index >= 15 is 0 Å². The minimum atomic E-state index is -0.605. The van der Waals surface area contributed by atoms with Crippen LogP contribution in [0.3, 0.4) is 0 Å². The number of likely N-dealkylation sites (tertiary alicyclic amines) is 1. The molecule has 2 aliphatic rings. The Balaban J connectivity index is 1.25. The van der Waals surface area contributed by atoms with Crippen molar-refractivity contribution in [3.8, 4) is 0 Å². The summed E-state index contributed by atoms with van der Waals surface area (Å²) in [5.74, 6) is -0.908. The van der Waals surface area contributed by atoms with Gasteiger partial charge in [0.2, 0.25) is 0 Å². The molecule has 0 radical (unpaired) electrons. The lowest BCUT2D eigenvalue weighted by atomic mass is 10.0. The third-order valence-electron chi connectivity index (χ3n) is 7.46. The SMILES string of the molecule is CN(C)c1ccccc1C(=O)N[C@@H](CCN1CC2=CN(C(=O)c3c(F)cccc3Cl)CC2C1)c1ccccc1. The van der Waals surface area contributed by atoms with Crippen LogP contribution in [0.1, 0.15) is 38.7 Å². The number of fused-ring (bicyclic) bond motifs is 1. The van der Waals surface area contributed by atoms with Crippen LogP contribution >= 0.6 is 11.6 Å². The molecule has 0 bridgehead atoms. The largest absolute Gasteiger partial charge is 0.377 e. The molecule has 1 saturated heterocycles. The third-order valence-corrected chi connectivity index (χ3v) is 7.77. The van der Waals surface area contributed by atoms with E-state index in [4.69, 9.17) is 11.6 Å². The van der Waals surface area contributed by atoms with Crippen LogP contribution in [0.4, 0.5) is 10.1 Å². The molecule has 1 unspecified atom stereocenters. The van der Waals surface area contributed by atoms with E-state index in [2.05, 4.69) is 10.2 Å². The lowest BCUT2D eigenvalue weighted by Gasteiger charge is -2.25. The van der Waals surface area contributed by atoms with E-state index in [9.17, 15) is 14.0 Å². The number of amides is 2. The second-order valence-corrected chi connectivity index (χ2v) is 10.7. The Labute approximate surface area is 233 Å². The van der Waals surface area contributed by atoms with E-state index in [0.717, 1.165) is 42.9 Å². The van der Waals surface area contributed by atoms with Crippen LogP contribution in [-0.4, -0.2) is 61.9 Å². The van der Waals surface area contributed by atoms with Gasteiger partial charge in [-0.3, -0.25) is 14.5 Å². The van der Waals surface area contributed by atoms with Gasteiger partial charge >= 0.3 is 0 Å². The Kier molecular flexibility index (Phi) is 8.00. The summed E-state index contributed by atoms with van der Waals surface area (Å²) in [5.41, 5.74) is 3.66. The summed E-state index contributed by atoms with van der Waals surface area (Å²) in [7, 11) is 3.86. The Morgan fingerprint density at radius 3 is 2.49 bits per heavy atom. The van der Waals surface area contributed by atoms with Gasteiger partial charge in [-0.15, -0.1) is 0 Å². The van der Waals surface area contributed by atoms with Gasteiger partial charge in [0.25, 0.3) is 11.8 Å². The van der Waals surface area contributed by atoms with Gasteiger partial charge in [0.05, 0.1) is 22.2 Å². The monoisotopic (exact) mass is 546 g/mol. The average Bonchev–Trinajstić information content (AvgIpc) is 3.50. The molecule has 0 saturated carbocycles. The third kappa shape index (κ3) is 5.84. The van der Waals surface area contributed by atoms with E-state index in [0.29, 0.717) is 12.1 Å². The smallest absolute Gasteiger partial charge is 0.262 e. The predicted molar refractivity (Wildman–Crippen MR) is 152 cm³/mol. The molecular formula is C31H32ClFN4O2. The minimum Gasteiger partial charge on any atom is -0.377 e. The van der Waals surface area contributed by atoms with Crippen molar-refractivity contribution in [3.63, 3.8) is 0 Å². The normalized spacial score (nSPS) is 17.5. The van der Waals surface area contributed by atoms with Crippen molar-refractivity contribution in [2.75, 3.05) is 45.2 Å². The van der Waals surface area contributed by atoms with Gasteiger partial charge in [0.15, 0.2) is 0 Å². The lowest BCUT2D eigenvalue weighted by molar-refractivity contribution is 0.0816. The van der Waals surface area contributed by atoms with Crippen molar-refractivity contribution in [1.82, 2.24) is 15.1 Å². The summed E-state index contributed by atoms with van der Waals surface area (Å²) in [4.78, 5) is 32.2. The summed E-state index contributed by atoms with van der Waals surface area (Å²) < 4.78 is 14.3. The molecule has 39 heavy (non-hydrogen) atoms. The molecule has 2 amide bonds. The predicted octanol–water partition coefficient (Wildman–Crippen LogP) is 5.38. The number of hydrogen-bond donors (Lipinski definition) is 1. The van der Waals surface area contributed by atoms with Crippen molar-refractivity contribution >= 4 is 29.1 Å². The van der Waals surface area contributed by atoms with Gasteiger partial charge in [-0.05, 0) is 41.8 Å². The van der Waals surface area contributed by atoms with Crippen LogP contribution in [0, 0.1) is 11.7 Å². The fourth-order valence-electron chi connectivity index (χ4n) is 5.46. The summed E-state index contributed by atoms with van der Waals surface area (Å²) in [5, 5.41) is 3.39. The molecule has 0 aliphatic carbocycles. The number of para-hydroxylation sites is 1. The second kappa shape index (κ2) is 11.6. The van der Waals surface area contributed by atoms with E-state index in [-0.39, 0.29) is 28.5 Å². The molecule has 8 heteroatoms. The van der Waals surface area contributed by atoms with Crippen LogP contribution in [0.2, 0.25) is 5.02 Å². The van der Waals surface area contributed by atoms with Crippen LogP contribution in [0.5, 0.6) is 0 Å². The lowest BCUT2D eigenvalue weighted by Crippen LogP contribution is -2.34. The Morgan fingerprint density at radius 1 is 1.03 bits per heavy atom. The molecule has 2 heterocycles. The molecule has 2 atom stereocenters. The Hall–Kier alpha value is -3.68. The minimum absolute atomic E-state index is 0.0786. The maximum atomic E-state index is 14.3. The van der Waals surface area contributed by atoms with E-state index in [1.807, 2.05) is 79.8 Å². The molecule has 202 valence electrons. The highest BCUT2D eigenvalue weighted by atomic mass is 35.5. The van der Waals surface area contributed by atoms with Gasteiger partial charge in [-0.2, -0.15) is 0 Å². The van der Waals surface area contributed by atoms with Crippen molar-refractivity contribution in [2.24, 2.45) is 5.92 Å². The molecule has 2 aliphatic heterocycles. The van der Waals surface area contributed by atoms with E-state index < -0.39 is 11.7 Å². The molecule has 3 aromatic rings. The van der Waals surface area contributed by atoms with Gasteiger partial charge in [-0.25, -0.2) is 4.39 Å². The number of halogens is 2. The molecular weight excluding hydrogens is 515 g/mol. The molecule has 1 fully saturated rings. The van der Waals surface area contributed by atoms with Crippen LogP contribution < -0.4 is 10.2 Å². The number of anilines is 1. The summed E-state index contributed by atoms with van der Waals surface area (Å²) in [6.07, 6.45) is 2.60. The number of nitrogens with one attached hydrogen (secondary N) is 1. The number of carbonyl (C=O) groups is 2. The van der Waals surface area contributed by atoms with E-state index in [1.165, 1.54) is 18.2 Å². The standard InChI is InChI=1S/C31H32ClFN4O2/c1-35(2)28-14-7-6-11-24(28)30(38)34-27(21-9-4-3-5-10-21)15-16-36-17-22-19-37(20-23(22)18-36)31(39)29-25(32)12-8-13-26(29)33/h3-14,19,23,27H,15-18,20H2,1-2H3,(H,34,38)/t23?,27-/m0/s1. The van der Waals surface area contributed by atoms with Crippen LogP contribution in [0.25, 0.3) is 0 Å². The first kappa shape index (κ1) is 26.9. The molecule has 5 rings (SSSR count). The number of rotatable bonds is 8. The van der Waals surface area contributed by atoms with Gasteiger partial charge in [0, 0.05) is 58.1 Å². The van der Waals surface area contributed by atoms with Crippen molar-refractivity contribution in [2.45, 2.75) is 12.5 Å². The average molecular weight is 547 g/mol. The first-order valence-electron chi connectivity index (χ1n) is 13.1. The van der Waals surface area contributed by atoms with Gasteiger partial charge in [-0.1, -0.05) is 60.1 Å². The van der Waals surface area contributed by atoms with Crippen molar-refractivity contribution < 1.29 is 14.0 Å². The zero-order valence-electron chi connectivity index (χ0n) is 22.1. The summed E-state index contributed by atoms with van der Waals surface area (Å²) in [6, 6.07) is 21.8. The number of nitrogens with zero attached hydrogens (tertiary/aromatic N) is 3.